The molecular weight excluding hydrogens is 200 g/mol. The van der Waals surface area contributed by atoms with Gasteiger partial charge in [0, 0.05) is 12.1 Å². The summed E-state index contributed by atoms with van der Waals surface area (Å²) in [6.07, 6.45) is 5.94. The predicted molar refractivity (Wildman–Crippen MR) is 67.3 cm³/mol. The van der Waals surface area contributed by atoms with Crippen molar-refractivity contribution in [3.63, 3.8) is 0 Å². The standard InChI is InChI=1S/C13H26N2O/c1-4-11(3)14-9-13(16)15-12-7-5-6-10(2)8-12/h10-12,14H,4-9H2,1-3H3,(H,15,16). The molecule has 94 valence electrons. The van der Waals surface area contributed by atoms with Gasteiger partial charge in [0.15, 0.2) is 0 Å². The summed E-state index contributed by atoms with van der Waals surface area (Å²) in [5.41, 5.74) is 0. The van der Waals surface area contributed by atoms with Gasteiger partial charge in [0.25, 0.3) is 0 Å². The van der Waals surface area contributed by atoms with Crippen molar-refractivity contribution in [2.75, 3.05) is 6.54 Å². The molecule has 3 unspecified atom stereocenters. The van der Waals surface area contributed by atoms with Crippen LogP contribution in [0.5, 0.6) is 0 Å². The summed E-state index contributed by atoms with van der Waals surface area (Å²) >= 11 is 0. The van der Waals surface area contributed by atoms with E-state index >= 15 is 0 Å². The molecule has 1 saturated carbocycles. The molecule has 16 heavy (non-hydrogen) atoms. The minimum Gasteiger partial charge on any atom is -0.352 e. The van der Waals surface area contributed by atoms with Crippen LogP contribution in [0.1, 0.15) is 52.9 Å². The Balaban J connectivity index is 2.18. The van der Waals surface area contributed by atoms with Gasteiger partial charge in [-0.1, -0.05) is 26.7 Å². The maximum Gasteiger partial charge on any atom is 0.234 e. The van der Waals surface area contributed by atoms with E-state index in [2.05, 4.69) is 31.4 Å². The van der Waals surface area contributed by atoms with Crippen LogP contribution in [0, 0.1) is 5.92 Å². The first-order chi connectivity index (χ1) is 7.61. The maximum atomic E-state index is 11.7. The van der Waals surface area contributed by atoms with Crippen LogP contribution in [0.15, 0.2) is 0 Å². The van der Waals surface area contributed by atoms with E-state index in [1.165, 1.54) is 12.8 Å². The fraction of sp³-hybridized carbons (Fsp3) is 0.923. The van der Waals surface area contributed by atoms with Gasteiger partial charge in [0.2, 0.25) is 5.91 Å². The minimum atomic E-state index is 0.152. The first kappa shape index (κ1) is 13.5. The summed E-state index contributed by atoms with van der Waals surface area (Å²) in [7, 11) is 0. The molecule has 1 fully saturated rings. The van der Waals surface area contributed by atoms with Gasteiger partial charge in [-0.15, -0.1) is 0 Å². The zero-order valence-corrected chi connectivity index (χ0v) is 10.9. The molecule has 0 aromatic carbocycles. The van der Waals surface area contributed by atoms with Gasteiger partial charge < -0.3 is 10.6 Å². The zero-order valence-electron chi connectivity index (χ0n) is 10.9. The van der Waals surface area contributed by atoms with Crippen LogP contribution in [0.4, 0.5) is 0 Å². The molecule has 0 heterocycles. The lowest BCUT2D eigenvalue weighted by molar-refractivity contribution is -0.121. The summed E-state index contributed by atoms with van der Waals surface area (Å²) < 4.78 is 0. The van der Waals surface area contributed by atoms with E-state index in [1.54, 1.807) is 0 Å². The van der Waals surface area contributed by atoms with Gasteiger partial charge in [0.05, 0.1) is 6.54 Å². The van der Waals surface area contributed by atoms with Crippen LogP contribution in [0.25, 0.3) is 0 Å². The lowest BCUT2D eigenvalue weighted by Gasteiger charge is -2.27. The Labute approximate surface area is 99.4 Å². The third kappa shape index (κ3) is 4.97. The number of hydrogen-bond donors (Lipinski definition) is 2. The highest BCUT2D eigenvalue weighted by molar-refractivity contribution is 5.78. The molecule has 2 N–H and O–H groups in total. The Morgan fingerprint density at radius 1 is 1.44 bits per heavy atom. The summed E-state index contributed by atoms with van der Waals surface area (Å²) in [6.45, 7) is 6.96. The van der Waals surface area contributed by atoms with Crippen molar-refractivity contribution >= 4 is 5.91 Å². The van der Waals surface area contributed by atoms with Crippen LogP contribution in [0.3, 0.4) is 0 Å². The first-order valence-electron chi connectivity index (χ1n) is 6.64. The summed E-state index contributed by atoms with van der Waals surface area (Å²) in [4.78, 5) is 11.7. The summed E-state index contributed by atoms with van der Waals surface area (Å²) in [6, 6.07) is 0.839. The average molecular weight is 226 g/mol. The van der Waals surface area contributed by atoms with Crippen molar-refractivity contribution in [1.82, 2.24) is 10.6 Å². The lowest BCUT2D eigenvalue weighted by Crippen LogP contribution is -2.44. The van der Waals surface area contributed by atoms with Crippen LogP contribution < -0.4 is 10.6 Å². The molecule has 0 aliphatic heterocycles. The largest absolute Gasteiger partial charge is 0.352 e. The Kier molecular flexibility index (Phi) is 5.81. The van der Waals surface area contributed by atoms with Crippen molar-refractivity contribution in [2.45, 2.75) is 65.0 Å². The van der Waals surface area contributed by atoms with Crippen LogP contribution in [-0.4, -0.2) is 24.5 Å². The summed E-state index contributed by atoms with van der Waals surface area (Å²) in [5, 5.41) is 6.35. The maximum absolute atomic E-state index is 11.7. The van der Waals surface area contributed by atoms with Crippen LogP contribution in [0.2, 0.25) is 0 Å². The van der Waals surface area contributed by atoms with Crippen molar-refractivity contribution in [1.29, 1.82) is 0 Å². The van der Waals surface area contributed by atoms with Crippen LogP contribution >= 0.6 is 0 Å². The Morgan fingerprint density at radius 2 is 2.19 bits per heavy atom. The van der Waals surface area contributed by atoms with E-state index < -0.39 is 0 Å². The average Bonchev–Trinajstić information content (AvgIpc) is 2.26. The van der Waals surface area contributed by atoms with Gasteiger partial charge in [-0.25, -0.2) is 0 Å². The van der Waals surface area contributed by atoms with Gasteiger partial charge in [-0.3, -0.25) is 4.79 Å². The third-order valence-electron chi connectivity index (χ3n) is 3.52. The van der Waals surface area contributed by atoms with Crippen LogP contribution in [-0.2, 0) is 4.79 Å². The highest BCUT2D eigenvalue weighted by Crippen LogP contribution is 2.23. The third-order valence-corrected chi connectivity index (χ3v) is 3.52. The Bertz CT molecular complexity index is 218. The number of nitrogens with one attached hydrogen (secondary N) is 2. The monoisotopic (exact) mass is 226 g/mol. The predicted octanol–water partition coefficient (Wildman–Crippen LogP) is 2.07. The van der Waals surface area contributed by atoms with Gasteiger partial charge in [0.1, 0.15) is 0 Å². The molecule has 3 nitrogen and oxygen atoms in total. The van der Waals surface area contributed by atoms with Gasteiger partial charge in [-0.05, 0) is 32.1 Å². The quantitative estimate of drug-likeness (QED) is 0.753. The van der Waals surface area contributed by atoms with Crippen molar-refractivity contribution in [3.05, 3.63) is 0 Å². The molecule has 0 bridgehead atoms. The topological polar surface area (TPSA) is 41.1 Å². The second kappa shape index (κ2) is 6.89. The van der Waals surface area contributed by atoms with E-state index in [9.17, 15) is 4.79 Å². The van der Waals surface area contributed by atoms with E-state index in [-0.39, 0.29) is 5.91 Å². The highest BCUT2D eigenvalue weighted by atomic mass is 16.1. The van der Waals surface area contributed by atoms with E-state index in [4.69, 9.17) is 0 Å². The van der Waals surface area contributed by atoms with Crippen molar-refractivity contribution < 1.29 is 4.79 Å². The molecule has 1 aliphatic rings. The number of rotatable bonds is 5. The SMILES string of the molecule is CCC(C)NCC(=O)NC1CCCC(C)C1. The Hall–Kier alpha value is -0.570. The molecule has 1 aliphatic carbocycles. The zero-order chi connectivity index (χ0) is 12.0. The van der Waals surface area contributed by atoms with Gasteiger partial charge >= 0.3 is 0 Å². The molecule has 0 aromatic rings. The fourth-order valence-corrected chi connectivity index (χ4v) is 2.26. The molecule has 3 atom stereocenters. The highest BCUT2D eigenvalue weighted by Gasteiger charge is 2.20. The first-order valence-corrected chi connectivity index (χ1v) is 6.64. The smallest absolute Gasteiger partial charge is 0.234 e. The minimum absolute atomic E-state index is 0.152. The molecule has 1 rings (SSSR count). The number of carbonyl (C=O) groups is 1. The van der Waals surface area contributed by atoms with E-state index in [0.29, 0.717) is 18.6 Å². The van der Waals surface area contributed by atoms with Crippen molar-refractivity contribution in [2.24, 2.45) is 5.92 Å². The number of amides is 1. The lowest BCUT2D eigenvalue weighted by atomic mass is 9.87. The second-order valence-corrected chi connectivity index (χ2v) is 5.23. The molecule has 0 aromatic heterocycles. The second-order valence-electron chi connectivity index (χ2n) is 5.23. The molecular formula is C13H26N2O. The van der Waals surface area contributed by atoms with Crippen molar-refractivity contribution in [3.8, 4) is 0 Å². The summed E-state index contributed by atoms with van der Waals surface area (Å²) in [5.74, 6) is 0.918. The molecule has 0 spiro atoms. The molecule has 0 saturated heterocycles. The molecule has 1 amide bonds. The normalized spacial score (nSPS) is 27.4. The van der Waals surface area contributed by atoms with Gasteiger partial charge in [-0.2, -0.15) is 0 Å². The molecule has 0 radical (unpaired) electrons. The number of hydrogen-bond acceptors (Lipinski definition) is 2. The Morgan fingerprint density at radius 3 is 2.81 bits per heavy atom. The number of carbonyl (C=O) groups excluding carboxylic acids is 1. The van der Waals surface area contributed by atoms with E-state index in [1.807, 2.05) is 0 Å². The van der Waals surface area contributed by atoms with E-state index in [0.717, 1.165) is 25.2 Å². The molecule has 3 heteroatoms. The fourth-order valence-electron chi connectivity index (χ4n) is 2.26.